The number of rotatable bonds is 7. The van der Waals surface area contributed by atoms with Crippen molar-refractivity contribution in [1.29, 1.82) is 0 Å². The van der Waals surface area contributed by atoms with Crippen LogP contribution in [0.25, 0.3) is 0 Å². The summed E-state index contributed by atoms with van der Waals surface area (Å²) >= 11 is 1.51. The lowest BCUT2D eigenvalue weighted by molar-refractivity contribution is 0.396. The molecule has 21 heavy (non-hydrogen) atoms. The topological polar surface area (TPSA) is 9.23 Å². The standard InChI is InChI=1S/C18H40OPS/c1-16(2,3)13-20(12-11-19-21-10,14-17(4,5)6)15-18(7,8)9/h11-15H2,1-10H3/q+1. The number of hydrogen-bond donors (Lipinski definition) is 0. The third-order valence-corrected chi connectivity index (χ3v) is 9.59. The highest BCUT2D eigenvalue weighted by molar-refractivity contribution is 7.93. The first-order valence-electron chi connectivity index (χ1n) is 8.19. The SMILES string of the molecule is CSOCC[P+](CC(C)(C)C)(CC(C)(C)C)CC(C)(C)C. The van der Waals surface area contributed by atoms with Crippen molar-refractivity contribution < 1.29 is 4.18 Å². The predicted molar refractivity (Wildman–Crippen MR) is 104 cm³/mol. The van der Waals surface area contributed by atoms with Crippen molar-refractivity contribution in [3.8, 4) is 0 Å². The lowest BCUT2D eigenvalue weighted by Crippen LogP contribution is -2.31. The van der Waals surface area contributed by atoms with Crippen molar-refractivity contribution in [1.82, 2.24) is 0 Å². The molecule has 0 rings (SSSR count). The molecule has 0 heterocycles. The maximum absolute atomic E-state index is 5.68. The Bertz CT molecular complexity index is 253. The molecule has 0 bridgehead atoms. The molecule has 0 atom stereocenters. The van der Waals surface area contributed by atoms with Gasteiger partial charge >= 0.3 is 0 Å². The molecule has 0 fully saturated rings. The third kappa shape index (κ3) is 11.9. The van der Waals surface area contributed by atoms with Crippen LogP contribution < -0.4 is 0 Å². The molecule has 1 nitrogen and oxygen atoms in total. The van der Waals surface area contributed by atoms with Gasteiger partial charge in [0.15, 0.2) is 0 Å². The van der Waals surface area contributed by atoms with E-state index in [0.29, 0.717) is 16.2 Å². The van der Waals surface area contributed by atoms with Gasteiger partial charge in [-0.05, 0) is 28.3 Å². The average molecular weight is 336 g/mol. The molecule has 128 valence electrons. The fraction of sp³-hybridized carbons (Fsp3) is 1.00. The summed E-state index contributed by atoms with van der Waals surface area (Å²) in [5.41, 5.74) is 1.22. The first-order valence-corrected chi connectivity index (χ1v) is 11.9. The van der Waals surface area contributed by atoms with E-state index in [0.717, 1.165) is 6.61 Å². The Morgan fingerprint density at radius 2 is 1.05 bits per heavy atom. The second-order valence-corrected chi connectivity index (χ2v) is 14.9. The van der Waals surface area contributed by atoms with E-state index in [1.807, 2.05) is 6.26 Å². The Hall–Kier alpha value is 0.740. The highest BCUT2D eigenvalue weighted by Crippen LogP contribution is 2.66. The van der Waals surface area contributed by atoms with E-state index >= 15 is 0 Å². The molecule has 0 saturated heterocycles. The zero-order valence-electron chi connectivity index (χ0n) is 16.3. The van der Waals surface area contributed by atoms with Crippen molar-refractivity contribution in [2.75, 3.05) is 37.5 Å². The monoisotopic (exact) mass is 335 g/mol. The molecule has 0 aromatic rings. The van der Waals surface area contributed by atoms with Crippen molar-refractivity contribution in [3.05, 3.63) is 0 Å². The molecule has 0 aliphatic carbocycles. The summed E-state index contributed by atoms with van der Waals surface area (Å²) in [4.78, 5) is 0. The van der Waals surface area contributed by atoms with Crippen LogP contribution in [0.4, 0.5) is 0 Å². The fourth-order valence-corrected chi connectivity index (χ4v) is 11.4. The van der Waals surface area contributed by atoms with Crippen molar-refractivity contribution in [3.63, 3.8) is 0 Å². The van der Waals surface area contributed by atoms with Gasteiger partial charge in [-0.25, -0.2) is 0 Å². The van der Waals surface area contributed by atoms with Crippen LogP contribution in [0.15, 0.2) is 0 Å². The van der Waals surface area contributed by atoms with Crippen LogP contribution in [-0.2, 0) is 4.18 Å². The summed E-state index contributed by atoms with van der Waals surface area (Å²) < 4.78 is 5.68. The zero-order valence-corrected chi connectivity index (χ0v) is 18.0. The van der Waals surface area contributed by atoms with Crippen LogP contribution in [0.5, 0.6) is 0 Å². The van der Waals surface area contributed by atoms with Crippen LogP contribution in [-0.4, -0.2) is 37.5 Å². The van der Waals surface area contributed by atoms with Crippen LogP contribution in [0.1, 0.15) is 62.3 Å². The minimum Gasteiger partial charge on any atom is -0.312 e. The zero-order chi connectivity index (χ0) is 16.9. The molecule has 0 aliphatic rings. The van der Waals surface area contributed by atoms with Crippen LogP contribution in [0.2, 0.25) is 0 Å². The maximum Gasteiger partial charge on any atom is 0.0949 e. The van der Waals surface area contributed by atoms with E-state index in [9.17, 15) is 0 Å². The summed E-state index contributed by atoms with van der Waals surface area (Å²) in [6.07, 6.45) is 7.45. The van der Waals surface area contributed by atoms with Gasteiger partial charge in [-0.15, -0.1) is 0 Å². The molecule has 3 heteroatoms. The lowest BCUT2D eigenvalue weighted by Gasteiger charge is -2.40. The second kappa shape index (κ2) is 8.02. The summed E-state index contributed by atoms with van der Waals surface area (Å²) in [6.45, 7) is 22.6. The molecule has 0 aromatic heterocycles. The van der Waals surface area contributed by atoms with E-state index < -0.39 is 7.26 Å². The third-order valence-electron chi connectivity index (χ3n) is 3.20. The van der Waals surface area contributed by atoms with Crippen molar-refractivity contribution in [2.45, 2.75) is 62.3 Å². The van der Waals surface area contributed by atoms with E-state index in [-0.39, 0.29) is 0 Å². The second-order valence-electron chi connectivity index (χ2n) is 10.2. The van der Waals surface area contributed by atoms with Gasteiger partial charge in [0, 0.05) is 13.5 Å². The van der Waals surface area contributed by atoms with Crippen LogP contribution >= 0.6 is 19.3 Å². The molecule has 0 unspecified atom stereocenters. The predicted octanol–water partition coefficient (Wildman–Crippen LogP) is 6.44. The largest absolute Gasteiger partial charge is 0.312 e. The summed E-state index contributed by atoms with van der Waals surface area (Å²) in [7, 11) is -1.03. The minimum absolute atomic E-state index is 0.406. The van der Waals surface area contributed by atoms with Crippen LogP contribution in [0.3, 0.4) is 0 Å². The molecule has 0 aliphatic heterocycles. The molecule has 0 N–H and O–H groups in total. The van der Waals surface area contributed by atoms with Crippen LogP contribution in [0, 0.1) is 16.2 Å². The van der Waals surface area contributed by atoms with E-state index in [1.54, 1.807) is 0 Å². The van der Waals surface area contributed by atoms with E-state index in [2.05, 4.69) is 62.3 Å². The molecule has 0 aromatic carbocycles. The average Bonchev–Trinajstić information content (AvgIpc) is 2.08. The van der Waals surface area contributed by atoms with Gasteiger partial charge in [0.2, 0.25) is 0 Å². The van der Waals surface area contributed by atoms with Gasteiger partial charge in [-0.1, -0.05) is 62.3 Å². The minimum atomic E-state index is -1.03. The molecule has 0 amide bonds. The molecule has 0 saturated carbocycles. The Kier molecular flexibility index (Phi) is 8.30. The van der Waals surface area contributed by atoms with Gasteiger partial charge in [-0.3, -0.25) is 0 Å². The molecular weight excluding hydrogens is 295 g/mol. The Morgan fingerprint density at radius 3 is 1.29 bits per heavy atom. The molecule has 0 spiro atoms. The smallest absolute Gasteiger partial charge is 0.0949 e. The molecular formula is C18H40OPS+. The van der Waals surface area contributed by atoms with Crippen molar-refractivity contribution >= 4 is 19.3 Å². The van der Waals surface area contributed by atoms with Gasteiger partial charge in [0.05, 0.1) is 31.3 Å². The maximum atomic E-state index is 5.68. The number of hydrogen-bond acceptors (Lipinski definition) is 2. The quantitative estimate of drug-likeness (QED) is 0.301. The summed E-state index contributed by atoms with van der Waals surface area (Å²) in [5, 5.41) is 0. The van der Waals surface area contributed by atoms with Gasteiger partial charge < -0.3 is 4.18 Å². The Balaban J connectivity index is 5.36. The fourth-order valence-electron chi connectivity index (χ4n) is 3.74. The van der Waals surface area contributed by atoms with E-state index in [1.165, 1.54) is 36.7 Å². The Labute approximate surface area is 139 Å². The summed E-state index contributed by atoms with van der Waals surface area (Å²) in [5.74, 6) is 0. The normalized spacial score (nSPS) is 14.6. The molecule has 0 radical (unpaired) electrons. The summed E-state index contributed by atoms with van der Waals surface area (Å²) in [6, 6.07) is 0. The first kappa shape index (κ1) is 21.7. The van der Waals surface area contributed by atoms with Gasteiger partial charge in [-0.2, -0.15) is 0 Å². The van der Waals surface area contributed by atoms with Gasteiger partial charge in [0.1, 0.15) is 0 Å². The Morgan fingerprint density at radius 1 is 0.714 bits per heavy atom. The highest BCUT2D eigenvalue weighted by Gasteiger charge is 2.46. The van der Waals surface area contributed by atoms with E-state index in [4.69, 9.17) is 4.18 Å². The lowest BCUT2D eigenvalue weighted by atomic mass is 9.99. The van der Waals surface area contributed by atoms with Gasteiger partial charge in [0.25, 0.3) is 0 Å². The van der Waals surface area contributed by atoms with Crippen molar-refractivity contribution in [2.24, 2.45) is 16.2 Å². The highest BCUT2D eigenvalue weighted by atomic mass is 32.2. The first-order chi connectivity index (χ1) is 9.18.